The highest BCUT2D eigenvalue weighted by molar-refractivity contribution is 7.26. The Morgan fingerprint density at radius 1 is 0.388 bits per heavy atom. The Bertz CT molecular complexity index is 2970. The topological polar surface area (TPSA) is 38.7 Å². The summed E-state index contributed by atoms with van der Waals surface area (Å²) in [5, 5.41) is 1.88. The third-order valence-corrected chi connectivity index (χ3v) is 9.43. The lowest BCUT2D eigenvalue weighted by Gasteiger charge is -2.13. The standard InChI is InChI=1S/C45H29N3S/c1-5-14-30(15-6-1)35-26-36(31-16-7-2-8-17-31)28-37(27-35)38-22-13-23-41-42(38)39-29-34(24-25-40(39)49-41)45-47-43(32-18-9-3-10-19-32)46-44(48-45)33-20-11-4-12-21-33/h1-29H/i3D,4D,9D,10D,11D,12D,18D,19D,20D,21D. The highest BCUT2D eigenvalue weighted by atomic mass is 32.1. The van der Waals surface area contributed by atoms with E-state index in [4.69, 9.17) is 13.7 Å². The molecule has 0 N–H and O–H groups in total. The molecule has 0 aliphatic rings. The minimum absolute atomic E-state index is 0.0137. The van der Waals surface area contributed by atoms with Gasteiger partial charge in [0.05, 0.1) is 13.7 Å². The molecule has 0 aliphatic heterocycles. The fourth-order valence-electron chi connectivity index (χ4n) is 6.04. The second kappa shape index (κ2) is 12.4. The second-order valence-electron chi connectivity index (χ2n) is 11.3. The zero-order chi connectivity index (χ0) is 41.3. The largest absolute Gasteiger partial charge is 0.208 e. The minimum atomic E-state index is -0.599. The third-order valence-electron chi connectivity index (χ3n) is 8.29. The quantitative estimate of drug-likeness (QED) is 0.179. The molecule has 230 valence electrons. The van der Waals surface area contributed by atoms with E-state index in [0.29, 0.717) is 5.56 Å². The molecule has 9 aromatic rings. The molecular formula is C45H29N3S. The van der Waals surface area contributed by atoms with Crippen molar-refractivity contribution in [2.24, 2.45) is 0 Å². The number of nitrogens with zero attached hydrogens (tertiary/aromatic N) is 3. The Hall–Kier alpha value is -6.23. The van der Waals surface area contributed by atoms with E-state index in [2.05, 4.69) is 69.5 Å². The molecule has 0 saturated carbocycles. The van der Waals surface area contributed by atoms with Crippen molar-refractivity contribution in [1.29, 1.82) is 0 Å². The lowest BCUT2D eigenvalue weighted by molar-refractivity contribution is 1.07. The zero-order valence-electron chi connectivity index (χ0n) is 35.7. The number of rotatable bonds is 6. The molecule has 49 heavy (non-hydrogen) atoms. The molecule has 0 fully saturated rings. The van der Waals surface area contributed by atoms with Crippen molar-refractivity contribution in [3.63, 3.8) is 0 Å². The van der Waals surface area contributed by atoms with E-state index >= 15 is 0 Å². The van der Waals surface area contributed by atoms with Crippen LogP contribution in [0.15, 0.2) is 176 Å². The first kappa shape index (κ1) is 20.2. The van der Waals surface area contributed by atoms with Gasteiger partial charge in [-0.25, -0.2) is 15.0 Å². The molecule has 0 amide bonds. The van der Waals surface area contributed by atoms with Crippen molar-refractivity contribution in [2.45, 2.75) is 0 Å². The molecule has 3 nitrogen and oxygen atoms in total. The first-order chi connectivity index (χ1) is 28.4. The first-order valence-corrected chi connectivity index (χ1v) is 16.4. The van der Waals surface area contributed by atoms with Crippen molar-refractivity contribution in [2.75, 3.05) is 0 Å². The normalized spacial score (nSPS) is 14.1. The molecule has 7 aromatic carbocycles. The van der Waals surface area contributed by atoms with Gasteiger partial charge in [-0.2, -0.15) is 0 Å². The Morgan fingerprint density at radius 2 is 0.918 bits per heavy atom. The maximum Gasteiger partial charge on any atom is 0.164 e. The molecule has 4 heteroatoms. The van der Waals surface area contributed by atoms with Gasteiger partial charge in [0.15, 0.2) is 17.5 Å². The van der Waals surface area contributed by atoms with Crippen LogP contribution in [-0.2, 0) is 0 Å². The Balaban J connectivity index is 1.30. The fourth-order valence-corrected chi connectivity index (χ4v) is 7.15. The monoisotopic (exact) mass is 653 g/mol. The number of aromatic nitrogens is 3. The van der Waals surface area contributed by atoms with Crippen molar-refractivity contribution in [3.05, 3.63) is 176 Å². The van der Waals surface area contributed by atoms with Gasteiger partial charge in [0, 0.05) is 36.9 Å². The van der Waals surface area contributed by atoms with E-state index in [1.165, 1.54) is 0 Å². The van der Waals surface area contributed by atoms with E-state index in [0.717, 1.165) is 53.6 Å². The number of fused-ring (bicyclic) bond motifs is 3. The van der Waals surface area contributed by atoms with Gasteiger partial charge in [-0.1, -0.05) is 133 Å². The predicted octanol–water partition coefficient (Wildman–Crippen LogP) is 12.2. The molecule has 0 aliphatic carbocycles. The smallest absolute Gasteiger partial charge is 0.164 e. The van der Waals surface area contributed by atoms with Crippen molar-refractivity contribution in [1.82, 2.24) is 15.0 Å². The van der Waals surface area contributed by atoms with Gasteiger partial charge < -0.3 is 0 Å². The van der Waals surface area contributed by atoms with Crippen LogP contribution in [0.1, 0.15) is 13.7 Å². The number of thiophene rings is 1. The Kier molecular flexibility index (Phi) is 5.12. The van der Waals surface area contributed by atoms with Crippen LogP contribution in [0.25, 0.3) is 87.7 Å². The summed E-state index contributed by atoms with van der Waals surface area (Å²) in [6.07, 6.45) is 0. The average molecular weight is 654 g/mol. The summed E-state index contributed by atoms with van der Waals surface area (Å²) in [6, 6.07) is 33.0. The third kappa shape index (κ3) is 5.58. The highest BCUT2D eigenvalue weighted by Gasteiger charge is 2.17. The van der Waals surface area contributed by atoms with Crippen LogP contribution in [-0.4, -0.2) is 15.0 Å². The van der Waals surface area contributed by atoms with E-state index < -0.39 is 60.4 Å². The lowest BCUT2D eigenvalue weighted by Crippen LogP contribution is -2.00. The van der Waals surface area contributed by atoms with Crippen LogP contribution in [0, 0.1) is 0 Å². The zero-order valence-corrected chi connectivity index (χ0v) is 26.5. The molecule has 9 rings (SSSR count). The molecular weight excluding hydrogens is 615 g/mol. The van der Waals surface area contributed by atoms with E-state index in [-0.39, 0.29) is 28.6 Å². The van der Waals surface area contributed by atoms with Gasteiger partial charge in [0.2, 0.25) is 0 Å². The van der Waals surface area contributed by atoms with Gasteiger partial charge >= 0.3 is 0 Å². The summed E-state index contributed by atoms with van der Waals surface area (Å²) in [5.74, 6) is -0.605. The average Bonchev–Trinajstić information content (AvgIpc) is 3.65. The van der Waals surface area contributed by atoms with E-state index in [1.807, 2.05) is 54.6 Å². The summed E-state index contributed by atoms with van der Waals surface area (Å²) in [7, 11) is 0. The van der Waals surface area contributed by atoms with Gasteiger partial charge in [-0.05, 0) is 75.8 Å². The van der Waals surface area contributed by atoms with Crippen LogP contribution in [0.3, 0.4) is 0 Å². The van der Waals surface area contributed by atoms with Gasteiger partial charge in [-0.15, -0.1) is 11.3 Å². The summed E-state index contributed by atoms with van der Waals surface area (Å²) in [5.41, 5.74) is 6.13. The second-order valence-corrected chi connectivity index (χ2v) is 12.4. The molecule has 0 bridgehead atoms. The minimum Gasteiger partial charge on any atom is -0.208 e. The maximum atomic E-state index is 8.70. The lowest BCUT2D eigenvalue weighted by atomic mass is 9.91. The van der Waals surface area contributed by atoms with Crippen LogP contribution in [0.4, 0.5) is 0 Å². The van der Waals surface area contributed by atoms with Crippen molar-refractivity contribution in [3.8, 4) is 67.5 Å². The molecule has 0 unspecified atom stereocenters. The summed E-state index contributed by atoms with van der Waals surface area (Å²) in [6.45, 7) is 0. The van der Waals surface area contributed by atoms with Crippen molar-refractivity contribution >= 4 is 31.5 Å². The van der Waals surface area contributed by atoms with E-state index in [9.17, 15) is 0 Å². The summed E-state index contributed by atoms with van der Waals surface area (Å²) in [4.78, 5) is 13.7. The SMILES string of the molecule is [2H]c1c([2H])c([2H])c(-c2nc(-c3ccc4sc5cccc(-c6cc(-c7ccccc7)cc(-c7ccccc7)c6)c5c4c3)nc(-c3c([2H])c([2H])c([2H])c([2H])c3[2H])n2)c([2H])c1[2H]. The number of benzene rings is 7. The summed E-state index contributed by atoms with van der Waals surface area (Å²) < 4.78 is 86.4. The number of hydrogen-bond acceptors (Lipinski definition) is 4. The van der Waals surface area contributed by atoms with Crippen LogP contribution in [0.5, 0.6) is 0 Å². The molecule has 0 saturated heterocycles. The molecule has 0 radical (unpaired) electrons. The van der Waals surface area contributed by atoms with Crippen LogP contribution >= 0.6 is 11.3 Å². The fraction of sp³-hybridized carbons (Fsp3) is 0. The summed E-state index contributed by atoms with van der Waals surface area (Å²) >= 11 is 1.62. The first-order valence-electron chi connectivity index (χ1n) is 20.5. The predicted molar refractivity (Wildman–Crippen MR) is 205 cm³/mol. The van der Waals surface area contributed by atoms with Gasteiger partial charge in [-0.3, -0.25) is 0 Å². The Labute approximate surface area is 302 Å². The van der Waals surface area contributed by atoms with Crippen LogP contribution in [0.2, 0.25) is 0 Å². The molecule has 0 atom stereocenters. The van der Waals surface area contributed by atoms with Crippen molar-refractivity contribution < 1.29 is 13.7 Å². The highest BCUT2D eigenvalue weighted by Crippen LogP contribution is 2.43. The molecule has 2 heterocycles. The number of hydrogen-bond donors (Lipinski definition) is 0. The van der Waals surface area contributed by atoms with E-state index in [1.54, 1.807) is 17.4 Å². The molecule has 0 spiro atoms. The maximum absolute atomic E-state index is 8.70. The van der Waals surface area contributed by atoms with Gasteiger partial charge in [0.1, 0.15) is 0 Å². The van der Waals surface area contributed by atoms with Crippen LogP contribution < -0.4 is 0 Å². The van der Waals surface area contributed by atoms with Gasteiger partial charge in [0.25, 0.3) is 0 Å². The molecule has 2 aromatic heterocycles. The Morgan fingerprint density at radius 3 is 1.49 bits per heavy atom.